The second-order valence-corrected chi connectivity index (χ2v) is 5.63. The van der Waals surface area contributed by atoms with Crippen LogP contribution in [-0.2, 0) is 10.0 Å². The molecule has 0 saturated heterocycles. The standard InChI is InChI=1S/C13H12N2O4S/c14-20(18,19)12-7-3-10(4-8-12)15-13(17)9-1-5-11(16)6-2-9/h1-8,16H,(H,15,17)(H2,14,18,19). The summed E-state index contributed by atoms with van der Waals surface area (Å²) < 4.78 is 22.2. The second-order valence-electron chi connectivity index (χ2n) is 4.07. The molecule has 20 heavy (non-hydrogen) atoms. The molecule has 2 aromatic rings. The van der Waals surface area contributed by atoms with Gasteiger partial charge in [0, 0.05) is 11.3 Å². The molecule has 0 bridgehead atoms. The number of carbonyl (C=O) groups excluding carboxylic acids is 1. The molecular weight excluding hydrogens is 280 g/mol. The Balaban J connectivity index is 2.14. The number of phenols is 1. The summed E-state index contributed by atoms with van der Waals surface area (Å²) in [6.45, 7) is 0. The van der Waals surface area contributed by atoms with Crippen LogP contribution in [-0.4, -0.2) is 19.4 Å². The summed E-state index contributed by atoms with van der Waals surface area (Å²) in [5.74, 6) is -0.299. The van der Waals surface area contributed by atoms with Crippen LogP contribution in [0.4, 0.5) is 5.69 Å². The lowest BCUT2D eigenvalue weighted by Gasteiger charge is -2.06. The Labute approximate surface area is 115 Å². The average Bonchev–Trinajstić information content (AvgIpc) is 2.39. The van der Waals surface area contributed by atoms with E-state index in [0.29, 0.717) is 11.3 Å². The van der Waals surface area contributed by atoms with Crippen LogP contribution in [0.3, 0.4) is 0 Å². The molecule has 7 heteroatoms. The van der Waals surface area contributed by atoms with E-state index in [1.54, 1.807) is 0 Å². The van der Waals surface area contributed by atoms with Gasteiger partial charge in [-0.25, -0.2) is 13.6 Å². The van der Waals surface area contributed by atoms with Crippen LogP contribution in [0.5, 0.6) is 5.75 Å². The molecular formula is C13H12N2O4S. The van der Waals surface area contributed by atoms with Crippen LogP contribution in [0.15, 0.2) is 53.4 Å². The van der Waals surface area contributed by atoms with Crippen LogP contribution in [0.25, 0.3) is 0 Å². The van der Waals surface area contributed by atoms with Crippen molar-refractivity contribution < 1.29 is 18.3 Å². The summed E-state index contributed by atoms with van der Waals surface area (Å²) >= 11 is 0. The summed E-state index contributed by atoms with van der Waals surface area (Å²) in [5, 5.41) is 16.7. The Kier molecular flexibility index (Phi) is 3.73. The number of hydrogen-bond acceptors (Lipinski definition) is 4. The zero-order valence-electron chi connectivity index (χ0n) is 10.3. The lowest BCUT2D eigenvalue weighted by Crippen LogP contribution is -2.13. The predicted octanol–water partition coefficient (Wildman–Crippen LogP) is 1.29. The van der Waals surface area contributed by atoms with E-state index in [0.717, 1.165) is 0 Å². The SMILES string of the molecule is NS(=O)(=O)c1ccc(NC(=O)c2ccc(O)cc2)cc1. The highest BCUT2D eigenvalue weighted by Crippen LogP contribution is 2.15. The van der Waals surface area contributed by atoms with Gasteiger partial charge < -0.3 is 10.4 Å². The quantitative estimate of drug-likeness (QED) is 0.791. The van der Waals surface area contributed by atoms with Crippen molar-refractivity contribution in [2.45, 2.75) is 4.90 Å². The highest BCUT2D eigenvalue weighted by atomic mass is 32.2. The van der Waals surface area contributed by atoms with Gasteiger partial charge in [0.05, 0.1) is 4.90 Å². The fraction of sp³-hybridized carbons (Fsp3) is 0. The Bertz CT molecular complexity index is 722. The zero-order valence-corrected chi connectivity index (χ0v) is 11.1. The third-order valence-electron chi connectivity index (χ3n) is 2.57. The normalized spacial score (nSPS) is 11.1. The molecule has 0 aliphatic carbocycles. The Hall–Kier alpha value is -2.38. The topological polar surface area (TPSA) is 109 Å². The van der Waals surface area contributed by atoms with E-state index in [9.17, 15) is 13.2 Å². The Morgan fingerprint density at radius 1 is 1.00 bits per heavy atom. The largest absolute Gasteiger partial charge is 0.508 e. The number of phenolic OH excluding ortho intramolecular Hbond substituents is 1. The minimum Gasteiger partial charge on any atom is -0.508 e. The molecule has 4 N–H and O–H groups in total. The number of amides is 1. The number of hydrogen-bond donors (Lipinski definition) is 3. The Morgan fingerprint density at radius 2 is 1.55 bits per heavy atom. The zero-order chi connectivity index (χ0) is 14.8. The molecule has 0 fully saturated rings. The molecule has 0 aromatic heterocycles. The predicted molar refractivity (Wildman–Crippen MR) is 73.9 cm³/mol. The first kappa shape index (κ1) is 14.0. The number of benzene rings is 2. The number of carbonyl (C=O) groups is 1. The number of nitrogens with one attached hydrogen (secondary N) is 1. The maximum absolute atomic E-state index is 11.9. The van der Waals surface area contributed by atoms with E-state index in [1.807, 2.05) is 0 Å². The fourth-order valence-corrected chi connectivity index (χ4v) is 2.06. The molecule has 1 amide bonds. The first-order valence-electron chi connectivity index (χ1n) is 5.59. The van der Waals surface area contributed by atoms with Gasteiger partial charge in [-0.15, -0.1) is 0 Å². The van der Waals surface area contributed by atoms with Gasteiger partial charge in [-0.2, -0.15) is 0 Å². The first-order valence-corrected chi connectivity index (χ1v) is 7.14. The van der Waals surface area contributed by atoms with E-state index < -0.39 is 10.0 Å². The van der Waals surface area contributed by atoms with Crippen LogP contribution in [0.1, 0.15) is 10.4 Å². The molecule has 0 saturated carbocycles. The number of anilines is 1. The summed E-state index contributed by atoms with van der Waals surface area (Å²) in [7, 11) is -3.75. The van der Waals surface area contributed by atoms with Crippen molar-refractivity contribution in [3.05, 3.63) is 54.1 Å². The number of nitrogens with two attached hydrogens (primary N) is 1. The average molecular weight is 292 g/mol. The molecule has 0 radical (unpaired) electrons. The molecule has 0 heterocycles. The van der Waals surface area contributed by atoms with Crippen molar-refractivity contribution >= 4 is 21.6 Å². The van der Waals surface area contributed by atoms with Crippen molar-refractivity contribution in [2.75, 3.05) is 5.32 Å². The number of sulfonamides is 1. The third kappa shape index (κ3) is 3.34. The van der Waals surface area contributed by atoms with Crippen LogP contribution < -0.4 is 10.5 Å². The van der Waals surface area contributed by atoms with Gasteiger partial charge in [-0.3, -0.25) is 4.79 Å². The van der Waals surface area contributed by atoms with Gasteiger partial charge in [0.15, 0.2) is 0 Å². The van der Waals surface area contributed by atoms with Crippen LogP contribution in [0.2, 0.25) is 0 Å². The minimum atomic E-state index is -3.75. The third-order valence-corrected chi connectivity index (χ3v) is 3.50. The van der Waals surface area contributed by atoms with E-state index in [1.165, 1.54) is 48.5 Å². The minimum absolute atomic E-state index is 0.0277. The van der Waals surface area contributed by atoms with Crippen molar-refractivity contribution in [3.8, 4) is 5.75 Å². The molecule has 0 spiro atoms. The number of aromatic hydroxyl groups is 1. The molecule has 0 aliphatic heterocycles. The molecule has 0 aliphatic rings. The van der Waals surface area contributed by atoms with Crippen LogP contribution >= 0.6 is 0 Å². The maximum Gasteiger partial charge on any atom is 0.255 e. The molecule has 2 aromatic carbocycles. The highest BCUT2D eigenvalue weighted by Gasteiger charge is 2.09. The summed E-state index contributed by atoms with van der Waals surface area (Å²) in [4.78, 5) is 11.8. The van der Waals surface area contributed by atoms with E-state index >= 15 is 0 Å². The monoisotopic (exact) mass is 292 g/mol. The fourth-order valence-electron chi connectivity index (χ4n) is 1.54. The van der Waals surface area contributed by atoms with Gasteiger partial charge in [0.2, 0.25) is 10.0 Å². The van der Waals surface area contributed by atoms with Crippen molar-refractivity contribution in [1.82, 2.24) is 0 Å². The van der Waals surface area contributed by atoms with Gasteiger partial charge in [0.1, 0.15) is 5.75 Å². The lowest BCUT2D eigenvalue weighted by atomic mass is 10.2. The van der Waals surface area contributed by atoms with E-state index in [-0.39, 0.29) is 16.6 Å². The van der Waals surface area contributed by atoms with Crippen LogP contribution in [0, 0.1) is 0 Å². The second kappa shape index (κ2) is 5.32. The molecule has 2 rings (SSSR count). The van der Waals surface area contributed by atoms with Gasteiger partial charge in [-0.05, 0) is 48.5 Å². The number of primary sulfonamides is 1. The summed E-state index contributed by atoms with van der Waals surface area (Å²) in [6.07, 6.45) is 0. The maximum atomic E-state index is 11.9. The summed E-state index contributed by atoms with van der Waals surface area (Å²) in [6, 6.07) is 11.3. The molecule has 0 atom stereocenters. The van der Waals surface area contributed by atoms with Gasteiger partial charge >= 0.3 is 0 Å². The molecule has 104 valence electrons. The number of rotatable bonds is 3. The Morgan fingerprint density at radius 3 is 2.05 bits per heavy atom. The van der Waals surface area contributed by atoms with Crippen molar-refractivity contribution in [2.24, 2.45) is 5.14 Å². The van der Waals surface area contributed by atoms with Gasteiger partial charge in [-0.1, -0.05) is 0 Å². The van der Waals surface area contributed by atoms with Crippen molar-refractivity contribution in [3.63, 3.8) is 0 Å². The smallest absolute Gasteiger partial charge is 0.255 e. The molecule has 0 unspecified atom stereocenters. The lowest BCUT2D eigenvalue weighted by molar-refractivity contribution is 0.102. The molecule has 6 nitrogen and oxygen atoms in total. The summed E-state index contributed by atoms with van der Waals surface area (Å²) in [5.41, 5.74) is 0.814. The van der Waals surface area contributed by atoms with E-state index in [2.05, 4.69) is 5.32 Å². The van der Waals surface area contributed by atoms with E-state index in [4.69, 9.17) is 10.2 Å². The highest BCUT2D eigenvalue weighted by molar-refractivity contribution is 7.89. The van der Waals surface area contributed by atoms with Crippen molar-refractivity contribution in [1.29, 1.82) is 0 Å². The van der Waals surface area contributed by atoms with Gasteiger partial charge in [0.25, 0.3) is 5.91 Å². The first-order chi connectivity index (χ1) is 9.36.